The van der Waals surface area contributed by atoms with Crippen LogP contribution in [0.3, 0.4) is 0 Å². The van der Waals surface area contributed by atoms with Crippen molar-refractivity contribution in [2.45, 2.75) is 6.61 Å². The van der Waals surface area contributed by atoms with Crippen LogP contribution in [0.5, 0.6) is 17.2 Å². The van der Waals surface area contributed by atoms with Crippen LogP contribution in [0.15, 0.2) is 60.2 Å². The Morgan fingerprint density at radius 3 is 2.54 bits per heavy atom. The Bertz CT molecular complexity index is 1370. The number of methoxy groups -OCH3 is 1. The van der Waals surface area contributed by atoms with Gasteiger partial charge in [-0.05, 0) is 47.5 Å². The van der Waals surface area contributed by atoms with Crippen molar-refractivity contribution < 1.29 is 24.3 Å². The fourth-order valence-electron chi connectivity index (χ4n) is 2.93. The van der Waals surface area contributed by atoms with Crippen molar-refractivity contribution in [1.82, 2.24) is 0 Å². The molecule has 0 atom stereocenters. The number of rotatable bonds is 8. The third-order valence-electron chi connectivity index (χ3n) is 4.68. The number of non-ortho nitro benzene ring substituents is 1. The van der Waals surface area contributed by atoms with E-state index >= 15 is 0 Å². The van der Waals surface area contributed by atoms with Gasteiger partial charge in [-0.2, -0.15) is 5.26 Å². The van der Waals surface area contributed by atoms with Crippen LogP contribution in [0.4, 0.5) is 11.4 Å². The van der Waals surface area contributed by atoms with E-state index in [1.165, 1.54) is 19.3 Å². The normalized spacial score (nSPS) is 10.9. The summed E-state index contributed by atoms with van der Waals surface area (Å²) in [6, 6.07) is 14.9. The summed E-state index contributed by atoms with van der Waals surface area (Å²) in [5.41, 5.74) is 0.580. The number of hydrogen-bond acceptors (Lipinski definition) is 7. The molecular formula is C24H17Cl2N3O6. The Morgan fingerprint density at radius 1 is 1.14 bits per heavy atom. The monoisotopic (exact) mass is 513 g/mol. The Labute approximate surface area is 209 Å². The molecular weight excluding hydrogens is 497 g/mol. The second-order valence-electron chi connectivity index (χ2n) is 7.03. The van der Waals surface area contributed by atoms with E-state index in [9.17, 15) is 25.3 Å². The lowest BCUT2D eigenvalue weighted by Gasteiger charge is -2.12. The maximum absolute atomic E-state index is 12.5. The first kappa shape index (κ1) is 25.4. The molecule has 0 aromatic heterocycles. The largest absolute Gasteiger partial charge is 0.506 e. The van der Waals surface area contributed by atoms with E-state index in [1.54, 1.807) is 42.5 Å². The zero-order chi connectivity index (χ0) is 25.5. The van der Waals surface area contributed by atoms with E-state index in [0.717, 1.165) is 17.7 Å². The number of nitriles is 1. The summed E-state index contributed by atoms with van der Waals surface area (Å²) in [5, 5.41) is 33.4. The molecule has 35 heavy (non-hydrogen) atoms. The summed E-state index contributed by atoms with van der Waals surface area (Å²) in [7, 11) is 1.45. The molecule has 0 fully saturated rings. The first-order valence-corrected chi connectivity index (χ1v) is 10.6. The molecule has 2 N–H and O–H groups in total. The van der Waals surface area contributed by atoms with Gasteiger partial charge in [0.25, 0.3) is 11.6 Å². The minimum Gasteiger partial charge on any atom is -0.506 e. The van der Waals surface area contributed by atoms with Crippen LogP contribution in [-0.4, -0.2) is 23.0 Å². The first-order valence-electron chi connectivity index (χ1n) is 9.87. The molecule has 3 rings (SSSR count). The highest BCUT2D eigenvalue weighted by Crippen LogP contribution is 2.31. The van der Waals surface area contributed by atoms with E-state index < -0.39 is 16.6 Å². The summed E-state index contributed by atoms with van der Waals surface area (Å²) < 4.78 is 11.2. The standard InChI is InChI=1S/C24H17Cl2N3O6/c1-34-23-10-14(3-7-22(23)35-13-15-2-5-18(25)19(26)9-15)8-16(12-27)24(31)28-20-6-4-17(29(32)33)11-21(20)30/h2-11,30H,13H2,1H3,(H,28,31). The van der Waals surface area contributed by atoms with Crippen LogP contribution in [0, 0.1) is 21.4 Å². The van der Waals surface area contributed by atoms with Gasteiger partial charge in [0.05, 0.1) is 33.8 Å². The van der Waals surface area contributed by atoms with Gasteiger partial charge in [-0.3, -0.25) is 14.9 Å². The highest BCUT2D eigenvalue weighted by Gasteiger charge is 2.15. The van der Waals surface area contributed by atoms with Gasteiger partial charge in [0, 0.05) is 6.07 Å². The van der Waals surface area contributed by atoms with E-state index in [-0.39, 0.29) is 23.6 Å². The zero-order valence-corrected chi connectivity index (χ0v) is 19.6. The number of phenolic OH excluding ortho intramolecular Hbond substituents is 1. The molecule has 0 saturated heterocycles. The summed E-state index contributed by atoms with van der Waals surface area (Å²) in [5.74, 6) is -0.524. The second kappa shape index (κ2) is 11.2. The molecule has 0 aliphatic heterocycles. The Morgan fingerprint density at radius 2 is 1.91 bits per heavy atom. The second-order valence-corrected chi connectivity index (χ2v) is 7.84. The summed E-state index contributed by atoms with van der Waals surface area (Å²) >= 11 is 11.9. The quantitative estimate of drug-likeness (QED) is 0.129. The Kier molecular flexibility index (Phi) is 8.15. The fraction of sp³-hybridized carbons (Fsp3) is 0.0833. The molecule has 1 amide bonds. The van der Waals surface area contributed by atoms with Crippen molar-refractivity contribution in [2.75, 3.05) is 12.4 Å². The summed E-state index contributed by atoms with van der Waals surface area (Å²) in [4.78, 5) is 22.6. The first-order chi connectivity index (χ1) is 16.7. The van der Waals surface area contributed by atoms with Gasteiger partial charge in [-0.15, -0.1) is 0 Å². The predicted molar refractivity (Wildman–Crippen MR) is 131 cm³/mol. The third kappa shape index (κ3) is 6.41. The van der Waals surface area contributed by atoms with E-state index in [4.69, 9.17) is 32.7 Å². The number of nitrogens with zero attached hydrogens (tertiary/aromatic N) is 2. The molecule has 0 unspecified atom stereocenters. The van der Waals surface area contributed by atoms with E-state index in [1.807, 2.05) is 0 Å². The fourth-order valence-corrected chi connectivity index (χ4v) is 3.25. The maximum atomic E-state index is 12.5. The highest BCUT2D eigenvalue weighted by molar-refractivity contribution is 6.42. The van der Waals surface area contributed by atoms with Crippen LogP contribution >= 0.6 is 23.2 Å². The van der Waals surface area contributed by atoms with Crippen molar-refractivity contribution >= 4 is 46.6 Å². The lowest BCUT2D eigenvalue weighted by Crippen LogP contribution is -2.13. The van der Waals surface area contributed by atoms with Gasteiger partial charge in [-0.25, -0.2) is 0 Å². The molecule has 0 heterocycles. The summed E-state index contributed by atoms with van der Waals surface area (Å²) in [6.45, 7) is 0.201. The topological polar surface area (TPSA) is 135 Å². The molecule has 3 aromatic rings. The van der Waals surface area contributed by atoms with Gasteiger partial charge < -0.3 is 19.9 Å². The lowest BCUT2D eigenvalue weighted by molar-refractivity contribution is -0.384. The maximum Gasteiger partial charge on any atom is 0.273 e. The van der Waals surface area contributed by atoms with Gasteiger partial charge in [0.2, 0.25) is 0 Å². The average molecular weight is 514 g/mol. The van der Waals surface area contributed by atoms with Crippen LogP contribution in [0.2, 0.25) is 10.0 Å². The van der Waals surface area contributed by atoms with Crippen LogP contribution in [-0.2, 0) is 11.4 Å². The summed E-state index contributed by atoms with van der Waals surface area (Å²) in [6.07, 6.45) is 1.32. The number of aromatic hydroxyl groups is 1. The predicted octanol–water partition coefficient (Wildman–Crippen LogP) is 5.74. The van der Waals surface area contributed by atoms with Crippen molar-refractivity contribution in [3.8, 4) is 23.3 Å². The minimum absolute atomic E-state index is 0.0784. The molecule has 9 nitrogen and oxygen atoms in total. The number of halogens is 2. The molecule has 0 spiro atoms. The highest BCUT2D eigenvalue weighted by atomic mass is 35.5. The molecule has 0 saturated carbocycles. The van der Waals surface area contributed by atoms with Gasteiger partial charge in [-0.1, -0.05) is 35.3 Å². The molecule has 11 heteroatoms. The third-order valence-corrected chi connectivity index (χ3v) is 5.42. The number of phenols is 1. The number of hydrogen-bond donors (Lipinski definition) is 2. The van der Waals surface area contributed by atoms with Crippen LogP contribution in [0.1, 0.15) is 11.1 Å². The number of anilines is 1. The van der Waals surface area contributed by atoms with Crippen molar-refractivity contribution in [1.29, 1.82) is 5.26 Å². The van der Waals surface area contributed by atoms with Crippen molar-refractivity contribution in [3.05, 3.63) is 91.5 Å². The van der Waals surface area contributed by atoms with E-state index in [0.29, 0.717) is 27.1 Å². The van der Waals surface area contributed by atoms with Gasteiger partial charge in [0.15, 0.2) is 11.5 Å². The number of carbonyl (C=O) groups is 1. The number of nitro groups is 1. The average Bonchev–Trinajstić information content (AvgIpc) is 2.84. The lowest BCUT2D eigenvalue weighted by atomic mass is 10.1. The Balaban J connectivity index is 1.76. The Hall–Kier alpha value is -4.26. The molecule has 0 aliphatic carbocycles. The number of carbonyl (C=O) groups excluding carboxylic acids is 1. The van der Waals surface area contributed by atoms with Crippen molar-refractivity contribution in [2.24, 2.45) is 0 Å². The number of amides is 1. The van der Waals surface area contributed by atoms with Gasteiger partial charge >= 0.3 is 0 Å². The number of nitro benzene ring substituents is 1. The molecule has 0 bridgehead atoms. The zero-order valence-electron chi connectivity index (χ0n) is 18.1. The SMILES string of the molecule is COc1cc(C=C(C#N)C(=O)Nc2ccc([N+](=O)[O-])cc2O)ccc1OCc1ccc(Cl)c(Cl)c1. The number of nitrogens with one attached hydrogen (secondary N) is 1. The molecule has 0 aliphatic rings. The number of benzene rings is 3. The van der Waals surface area contributed by atoms with E-state index in [2.05, 4.69) is 5.32 Å². The van der Waals surface area contributed by atoms with Crippen LogP contribution < -0.4 is 14.8 Å². The minimum atomic E-state index is -0.810. The van der Waals surface area contributed by atoms with Crippen LogP contribution in [0.25, 0.3) is 6.08 Å². The smallest absolute Gasteiger partial charge is 0.273 e. The van der Waals surface area contributed by atoms with Gasteiger partial charge in [0.1, 0.15) is 24.0 Å². The van der Waals surface area contributed by atoms with Crippen molar-refractivity contribution in [3.63, 3.8) is 0 Å². The molecule has 178 valence electrons. The number of ether oxygens (including phenoxy) is 2. The molecule has 3 aromatic carbocycles. The molecule has 0 radical (unpaired) electrons.